The molecule has 3 aromatic heterocycles. The average Bonchev–Trinajstić information content (AvgIpc) is 3.42. The van der Waals surface area contributed by atoms with Crippen LogP contribution < -0.4 is 16.8 Å². The van der Waals surface area contributed by atoms with Crippen LogP contribution in [-0.2, 0) is 23.1 Å². The number of thiophene rings is 2. The molecule has 2 fully saturated rings. The number of likely N-dealkylation sites (tertiary alicyclic amines) is 1. The maximum atomic E-state index is 13.1. The number of nitrogens with two attached hydrogens (primary N) is 2. The normalized spacial score (nSPS) is 23.2. The Balaban J connectivity index is 1.38. The van der Waals surface area contributed by atoms with Crippen molar-refractivity contribution in [1.29, 1.82) is 5.26 Å². The molecule has 3 amide bonds. The number of piperidine rings is 1. The third kappa shape index (κ3) is 4.21. The van der Waals surface area contributed by atoms with Crippen LogP contribution in [0, 0.1) is 17.2 Å². The summed E-state index contributed by atoms with van der Waals surface area (Å²) in [5, 5.41) is 28.1. The number of tetrazole rings is 1. The van der Waals surface area contributed by atoms with Gasteiger partial charge in [0.05, 0.1) is 27.8 Å². The molecule has 1 aliphatic heterocycles. The van der Waals surface area contributed by atoms with Crippen LogP contribution in [0.2, 0.25) is 0 Å². The largest absolute Gasteiger partial charge is 0.365 e. The Hall–Kier alpha value is -3.67. The number of carbonyl (C=O) groups excluding carboxylic acids is 3. The van der Waals surface area contributed by atoms with E-state index < -0.39 is 17.2 Å². The van der Waals surface area contributed by atoms with E-state index in [0.29, 0.717) is 40.8 Å². The predicted octanol–water partition coefficient (Wildman–Crippen LogP) is 0.835. The molecule has 0 spiro atoms. The van der Waals surface area contributed by atoms with Gasteiger partial charge in [-0.3, -0.25) is 14.4 Å². The number of rotatable bonds is 8. The lowest BCUT2D eigenvalue weighted by molar-refractivity contribution is -0.131. The highest BCUT2D eigenvalue weighted by Gasteiger charge is 2.54. The third-order valence-electron chi connectivity index (χ3n) is 8.08. The Bertz CT molecular complexity index is 1440. The maximum Gasteiger partial charge on any atom is 0.258 e. The first-order valence-electron chi connectivity index (χ1n) is 12.8. The van der Waals surface area contributed by atoms with Crippen LogP contribution >= 0.6 is 22.7 Å². The van der Waals surface area contributed by atoms with Crippen LogP contribution in [0.15, 0.2) is 12.1 Å². The standard InChI is InChI=1S/C25H27N9O3S2/c1-11(29-10-21(35)34-13(9-26)4-12-5-16(12)34)8-25(24-30-32-33-31-24)14-6-19(22(27)36)38-17(14)2-3-18-15(25)7-20(39-18)23(28)37/h6-7,11-13,16,29H,2-5,8,10H2,1H3,(H2,27,36)(H2,28,37)(H,30,31,32,33)/t11-,12+,13?,16-/m0/s1. The van der Waals surface area contributed by atoms with Crippen LogP contribution in [-0.4, -0.2) is 67.9 Å². The van der Waals surface area contributed by atoms with Gasteiger partial charge in [0.25, 0.3) is 11.8 Å². The van der Waals surface area contributed by atoms with E-state index in [1.54, 1.807) is 17.0 Å². The van der Waals surface area contributed by atoms with Gasteiger partial charge in [0.15, 0.2) is 5.82 Å². The third-order valence-corrected chi connectivity index (χ3v) is 10.5. The quantitative estimate of drug-likeness (QED) is 0.308. The second-order valence-electron chi connectivity index (χ2n) is 10.5. The molecule has 39 heavy (non-hydrogen) atoms. The van der Waals surface area contributed by atoms with Crippen LogP contribution in [0.25, 0.3) is 0 Å². The van der Waals surface area contributed by atoms with Gasteiger partial charge >= 0.3 is 0 Å². The Morgan fingerprint density at radius 2 is 1.82 bits per heavy atom. The number of H-pyrrole nitrogens is 1. The highest BCUT2D eigenvalue weighted by atomic mass is 32.1. The van der Waals surface area contributed by atoms with E-state index in [2.05, 4.69) is 32.0 Å². The van der Waals surface area contributed by atoms with E-state index in [4.69, 9.17) is 11.5 Å². The van der Waals surface area contributed by atoms with Crippen molar-refractivity contribution < 1.29 is 14.4 Å². The number of nitrogens with one attached hydrogen (secondary N) is 2. The topological polar surface area (TPSA) is 197 Å². The first kappa shape index (κ1) is 25.6. The van der Waals surface area contributed by atoms with E-state index in [9.17, 15) is 19.6 Å². The van der Waals surface area contributed by atoms with Crippen molar-refractivity contribution in [3.05, 3.63) is 48.6 Å². The lowest BCUT2D eigenvalue weighted by Gasteiger charge is -2.34. The molecular formula is C25H27N9O3S2. The molecule has 0 bridgehead atoms. The zero-order valence-electron chi connectivity index (χ0n) is 21.1. The Morgan fingerprint density at radius 1 is 1.18 bits per heavy atom. The number of nitrogens with zero attached hydrogens (tertiary/aromatic N) is 5. The summed E-state index contributed by atoms with van der Waals surface area (Å²) in [4.78, 5) is 42.1. The van der Waals surface area contributed by atoms with Gasteiger partial charge in [-0.1, -0.05) is 5.21 Å². The lowest BCUT2D eigenvalue weighted by Crippen LogP contribution is -2.46. The summed E-state index contributed by atoms with van der Waals surface area (Å²) in [5.74, 6) is -0.305. The summed E-state index contributed by atoms with van der Waals surface area (Å²) in [6.45, 7) is 2.05. The summed E-state index contributed by atoms with van der Waals surface area (Å²) < 4.78 is 0. The summed E-state index contributed by atoms with van der Waals surface area (Å²) in [5.41, 5.74) is 12.0. The number of nitriles is 1. The Labute approximate surface area is 231 Å². The van der Waals surface area contributed by atoms with Gasteiger partial charge in [-0.05, 0) is 68.2 Å². The van der Waals surface area contributed by atoms with Crippen LogP contribution in [0.4, 0.5) is 0 Å². The van der Waals surface area contributed by atoms with Crippen molar-refractivity contribution in [2.24, 2.45) is 17.4 Å². The number of amides is 3. The van der Waals surface area contributed by atoms with Gasteiger partial charge in [-0.25, -0.2) is 0 Å². The SMILES string of the molecule is C[C@@H](CC1(c2nn[nH]n2)c2cc(C(N)=O)sc2CCc2sc(C(N)=O)cc21)NCC(=O)N1C(C#N)C[C@@H]2C[C@@H]21. The van der Waals surface area contributed by atoms with Gasteiger partial charge in [-0.2, -0.15) is 10.5 Å². The van der Waals surface area contributed by atoms with Gasteiger partial charge in [0.2, 0.25) is 5.91 Å². The number of aryl methyl sites for hydroxylation is 2. The number of carbonyl (C=O) groups is 3. The number of aromatic nitrogens is 4. The zero-order chi connectivity index (χ0) is 27.5. The Morgan fingerprint density at radius 3 is 2.36 bits per heavy atom. The van der Waals surface area contributed by atoms with E-state index in [1.807, 2.05) is 6.92 Å². The summed E-state index contributed by atoms with van der Waals surface area (Å²) in [6, 6.07) is 5.42. The molecule has 1 saturated heterocycles. The van der Waals surface area contributed by atoms with Crippen molar-refractivity contribution in [2.75, 3.05) is 6.54 Å². The van der Waals surface area contributed by atoms with Crippen molar-refractivity contribution in [2.45, 2.75) is 62.6 Å². The van der Waals surface area contributed by atoms with Gasteiger partial charge < -0.3 is 21.7 Å². The van der Waals surface area contributed by atoms with Crippen LogP contribution in [0.1, 0.15) is 72.2 Å². The Kier molecular flexibility index (Phi) is 6.24. The summed E-state index contributed by atoms with van der Waals surface area (Å²) in [7, 11) is 0. The van der Waals surface area contributed by atoms with Crippen molar-refractivity contribution in [3.63, 3.8) is 0 Å². The van der Waals surface area contributed by atoms with Crippen molar-refractivity contribution >= 4 is 40.4 Å². The fraction of sp³-hybridized carbons (Fsp3) is 0.480. The molecule has 2 aliphatic carbocycles. The second kappa shape index (κ2) is 9.51. The van der Waals surface area contributed by atoms with Crippen LogP contribution in [0.3, 0.4) is 0 Å². The second-order valence-corrected chi connectivity index (χ2v) is 12.8. The molecule has 3 aromatic rings. The number of aromatic amines is 1. The number of fused-ring (bicyclic) bond motifs is 3. The molecular weight excluding hydrogens is 538 g/mol. The highest BCUT2D eigenvalue weighted by Crippen LogP contribution is 2.51. The van der Waals surface area contributed by atoms with E-state index in [-0.39, 0.29) is 30.6 Å². The van der Waals surface area contributed by atoms with Gasteiger partial charge in [-0.15, -0.1) is 32.9 Å². The first-order chi connectivity index (χ1) is 18.7. The lowest BCUT2D eigenvalue weighted by atomic mass is 9.70. The highest BCUT2D eigenvalue weighted by molar-refractivity contribution is 7.15. The van der Waals surface area contributed by atoms with Crippen molar-refractivity contribution in [3.8, 4) is 6.07 Å². The van der Waals surface area contributed by atoms with Crippen LogP contribution in [0.5, 0.6) is 0 Å². The fourth-order valence-electron chi connectivity index (χ4n) is 6.28. The number of hydrogen-bond acceptors (Lipinski definition) is 10. The van der Waals surface area contributed by atoms with Gasteiger partial charge in [0.1, 0.15) is 6.04 Å². The van der Waals surface area contributed by atoms with E-state index in [1.165, 1.54) is 22.7 Å². The minimum atomic E-state index is -0.984. The molecule has 202 valence electrons. The monoisotopic (exact) mass is 565 g/mol. The number of primary amides is 2. The summed E-state index contributed by atoms with van der Waals surface area (Å²) in [6.07, 6.45) is 3.40. The number of hydrogen-bond donors (Lipinski definition) is 4. The predicted molar refractivity (Wildman–Crippen MR) is 142 cm³/mol. The van der Waals surface area contributed by atoms with Gasteiger partial charge in [0, 0.05) is 21.8 Å². The molecule has 0 radical (unpaired) electrons. The first-order valence-corrected chi connectivity index (χ1v) is 14.4. The molecule has 1 saturated carbocycles. The molecule has 12 nitrogen and oxygen atoms in total. The molecule has 4 atom stereocenters. The smallest absolute Gasteiger partial charge is 0.258 e. The summed E-state index contributed by atoms with van der Waals surface area (Å²) >= 11 is 2.70. The minimum absolute atomic E-state index is 0.0803. The zero-order valence-corrected chi connectivity index (χ0v) is 22.8. The molecule has 6 rings (SSSR count). The molecule has 3 aliphatic rings. The van der Waals surface area contributed by atoms with E-state index in [0.717, 1.165) is 33.7 Å². The fourth-order valence-corrected chi connectivity index (χ4v) is 8.46. The van der Waals surface area contributed by atoms with Crippen molar-refractivity contribution in [1.82, 2.24) is 30.8 Å². The maximum absolute atomic E-state index is 13.1. The molecule has 6 N–H and O–H groups in total. The average molecular weight is 566 g/mol. The molecule has 14 heteroatoms. The molecule has 0 aromatic carbocycles. The molecule has 1 unspecified atom stereocenters. The van der Waals surface area contributed by atoms with E-state index >= 15 is 0 Å². The molecule has 4 heterocycles. The minimum Gasteiger partial charge on any atom is -0.365 e.